The van der Waals surface area contributed by atoms with Crippen molar-refractivity contribution in [3.63, 3.8) is 0 Å². The van der Waals surface area contributed by atoms with Gasteiger partial charge in [0.15, 0.2) is 0 Å². The average molecular weight is 161 g/mol. The summed E-state index contributed by atoms with van der Waals surface area (Å²) in [5.41, 5.74) is 6.19. The van der Waals surface area contributed by atoms with Crippen molar-refractivity contribution in [1.82, 2.24) is 0 Å². The molecule has 2 atom stereocenters. The molecule has 0 rings (SSSR count). The van der Waals surface area contributed by atoms with Crippen LogP contribution in [0.15, 0.2) is 0 Å². The first-order valence-corrected chi connectivity index (χ1v) is 7.25. The van der Waals surface area contributed by atoms with Crippen molar-refractivity contribution >= 4 is 8.07 Å². The fourth-order valence-corrected chi connectivity index (χ4v) is 2.40. The van der Waals surface area contributed by atoms with Gasteiger partial charge in [-0.3, -0.25) is 0 Å². The summed E-state index contributed by atoms with van der Waals surface area (Å²) in [4.78, 5) is 0. The summed E-state index contributed by atoms with van der Waals surface area (Å²) in [5, 5.41) is 0. The van der Waals surface area contributed by atoms with Crippen LogP contribution in [0.3, 0.4) is 0 Å². The highest BCUT2D eigenvalue weighted by molar-refractivity contribution is 6.77. The van der Waals surface area contributed by atoms with Gasteiger partial charge in [0, 0.05) is 12.8 Å². The van der Waals surface area contributed by atoms with E-state index in [9.17, 15) is 0 Å². The first kappa shape index (κ1) is 10.1. The van der Waals surface area contributed by atoms with Gasteiger partial charge in [-0.25, -0.2) is 0 Å². The molecule has 0 amide bonds. The normalized spacial score (nSPS) is 18.6. The van der Waals surface area contributed by atoms with Crippen LogP contribution in [0.2, 0.25) is 19.6 Å². The highest BCUT2D eigenvalue weighted by Gasteiger charge is 2.27. The van der Waals surface area contributed by atoms with Crippen molar-refractivity contribution in [2.45, 2.75) is 38.3 Å². The summed E-state index contributed by atoms with van der Waals surface area (Å²) in [6, 6.07) is 0. The van der Waals surface area contributed by atoms with Gasteiger partial charge in [0.05, 0.1) is 14.2 Å². The first-order chi connectivity index (χ1) is 4.39. The van der Waals surface area contributed by atoms with Crippen molar-refractivity contribution in [3.8, 4) is 0 Å². The molecular weight excluding hydrogens is 142 g/mol. The zero-order valence-corrected chi connectivity index (χ0v) is 8.64. The van der Waals surface area contributed by atoms with Crippen molar-refractivity contribution in [1.29, 1.82) is 0 Å². The zero-order chi connectivity index (χ0) is 8.36. The van der Waals surface area contributed by atoms with Gasteiger partial charge < -0.3 is 10.5 Å². The summed E-state index contributed by atoms with van der Waals surface area (Å²) in [7, 11) is 0.521. The lowest BCUT2D eigenvalue weighted by atomic mass is 10.4. The fraction of sp³-hybridized carbons (Fsp3) is 1.00. The van der Waals surface area contributed by atoms with E-state index in [4.69, 9.17) is 10.5 Å². The van der Waals surface area contributed by atoms with Crippen LogP contribution in [0.4, 0.5) is 0 Å². The molecule has 62 valence electrons. The van der Waals surface area contributed by atoms with E-state index < -0.39 is 8.07 Å². The standard InChI is InChI=1S/C7H19NOSi/c1-6(9-2)7(8)10(3,4)5/h6-7H,8H2,1-5H3. The van der Waals surface area contributed by atoms with E-state index in [-0.39, 0.29) is 11.8 Å². The Hall–Kier alpha value is 0.137. The number of methoxy groups -OCH3 is 1. The third-order valence-electron chi connectivity index (χ3n) is 1.88. The molecule has 2 unspecified atom stereocenters. The van der Waals surface area contributed by atoms with Gasteiger partial charge in [0.1, 0.15) is 0 Å². The molecule has 0 heterocycles. The number of hydrogen-bond donors (Lipinski definition) is 1. The second kappa shape index (κ2) is 3.51. The molecule has 0 saturated heterocycles. The molecule has 0 aliphatic carbocycles. The molecule has 10 heavy (non-hydrogen) atoms. The quantitative estimate of drug-likeness (QED) is 0.632. The molecule has 0 aromatic rings. The van der Waals surface area contributed by atoms with E-state index in [1.807, 2.05) is 6.92 Å². The van der Waals surface area contributed by atoms with Crippen LogP contribution < -0.4 is 5.73 Å². The maximum atomic E-state index is 5.94. The summed E-state index contributed by atoms with van der Waals surface area (Å²) in [6.07, 6.45) is 0.201. The molecule has 0 aromatic carbocycles. The summed E-state index contributed by atoms with van der Waals surface area (Å²) in [6.45, 7) is 8.80. The minimum atomic E-state index is -1.19. The topological polar surface area (TPSA) is 35.2 Å². The predicted octanol–water partition coefficient (Wildman–Crippen LogP) is 1.23. The average Bonchev–Trinajstić information content (AvgIpc) is 1.83. The highest BCUT2D eigenvalue weighted by Crippen LogP contribution is 2.10. The second-order valence-electron chi connectivity index (χ2n) is 3.83. The van der Waals surface area contributed by atoms with Crippen molar-refractivity contribution in [3.05, 3.63) is 0 Å². The lowest BCUT2D eigenvalue weighted by Gasteiger charge is -2.29. The van der Waals surface area contributed by atoms with E-state index in [0.717, 1.165) is 0 Å². The van der Waals surface area contributed by atoms with Gasteiger partial charge in [-0.1, -0.05) is 19.6 Å². The van der Waals surface area contributed by atoms with E-state index in [1.165, 1.54) is 0 Å². The van der Waals surface area contributed by atoms with Crippen LogP contribution in [0, 0.1) is 0 Å². The third kappa shape index (κ3) is 2.81. The largest absolute Gasteiger partial charge is 0.380 e. The Bertz CT molecular complexity index is 100. The Morgan fingerprint density at radius 2 is 1.70 bits per heavy atom. The van der Waals surface area contributed by atoms with E-state index in [0.29, 0.717) is 0 Å². The van der Waals surface area contributed by atoms with Crippen LogP contribution in [0.1, 0.15) is 6.92 Å². The molecule has 0 saturated carbocycles. The van der Waals surface area contributed by atoms with Gasteiger partial charge in [0.25, 0.3) is 0 Å². The number of hydrogen-bond acceptors (Lipinski definition) is 2. The minimum Gasteiger partial charge on any atom is -0.380 e. The molecule has 2 nitrogen and oxygen atoms in total. The Kier molecular flexibility index (Phi) is 3.55. The van der Waals surface area contributed by atoms with E-state index in [2.05, 4.69) is 19.6 Å². The maximum absolute atomic E-state index is 5.94. The lowest BCUT2D eigenvalue weighted by Crippen LogP contribution is -2.52. The van der Waals surface area contributed by atoms with Crippen LogP contribution in [-0.4, -0.2) is 27.0 Å². The van der Waals surface area contributed by atoms with Crippen LogP contribution in [0.25, 0.3) is 0 Å². The smallest absolute Gasteiger partial charge is 0.0667 e. The van der Waals surface area contributed by atoms with Gasteiger partial charge in [-0.2, -0.15) is 0 Å². The Balaban J connectivity index is 3.94. The molecule has 3 heteroatoms. The SMILES string of the molecule is COC(C)C(N)[Si](C)(C)C. The molecule has 0 spiro atoms. The van der Waals surface area contributed by atoms with Crippen LogP contribution >= 0.6 is 0 Å². The molecule has 0 aliphatic rings. The maximum Gasteiger partial charge on any atom is 0.0667 e. The number of ether oxygens (including phenoxy) is 1. The first-order valence-electron chi connectivity index (χ1n) is 3.68. The lowest BCUT2D eigenvalue weighted by molar-refractivity contribution is 0.113. The highest BCUT2D eigenvalue weighted by atomic mass is 28.3. The molecule has 0 aromatic heterocycles. The predicted molar refractivity (Wildman–Crippen MR) is 47.8 cm³/mol. The second-order valence-corrected chi connectivity index (χ2v) is 9.23. The molecule has 0 fully saturated rings. The van der Waals surface area contributed by atoms with Gasteiger partial charge in [-0.05, 0) is 6.92 Å². The van der Waals surface area contributed by atoms with Crippen molar-refractivity contribution < 1.29 is 4.74 Å². The number of nitrogens with two attached hydrogens (primary N) is 1. The minimum absolute atomic E-state index is 0.201. The van der Waals surface area contributed by atoms with Crippen LogP contribution in [-0.2, 0) is 4.74 Å². The molecule has 0 radical (unpaired) electrons. The van der Waals surface area contributed by atoms with Gasteiger partial charge >= 0.3 is 0 Å². The summed E-state index contributed by atoms with van der Waals surface area (Å²) in [5.74, 6) is 0. The number of rotatable bonds is 3. The Labute approximate surface area is 64.8 Å². The monoisotopic (exact) mass is 161 g/mol. The van der Waals surface area contributed by atoms with E-state index in [1.54, 1.807) is 7.11 Å². The summed E-state index contributed by atoms with van der Waals surface area (Å²) < 4.78 is 5.15. The Morgan fingerprint density at radius 3 is 1.80 bits per heavy atom. The van der Waals surface area contributed by atoms with Crippen molar-refractivity contribution in [2.24, 2.45) is 5.73 Å². The van der Waals surface area contributed by atoms with Crippen LogP contribution in [0.5, 0.6) is 0 Å². The fourth-order valence-electron chi connectivity index (χ4n) is 0.851. The van der Waals surface area contributed by atoms with E-state index >= 15 is 0 Å². The third-order valence-corrected chi connectivity index (χ3v) is 4.35. The molecule has 0 bridgehead atoms. The van der Waals surface area contributed by atoms with Crippen molar-refractivity contribution in [2.75, 3.05) is 7.11 Å². The van der Waals surface area contributed by atoms with Gasteiger partial charge in [0.2, 0.25) is 0 Å². The molecule has 2 N–H and O–H groups in total. The molecule has 0 aliphatic heterocycles. The van der Waals surface area contributed by atoms with Gasteiger partial charge in [-0.15, -0.1) is 0 Å². The molecular formula is C7H19NOSi. The summed E-state index contributed by atoms with van der Waals surface area (Å²) >= 11 is 0. The zero-order valence-electron chi connectivity index (χ0n) is 7.64. The Morgan fingerprint density at radius 1 is 1.30 bits per heavy atom.